The van der Waals surface area contributed by atoms with Gasteiger partial charge in [0, 0.05) is 38.8 Å². The van der Waals surface area contributed by atoms with Gasteiger partial charge < -0.3 is 21.3 Å². The molecule has 9 atom stereocenters. The normalized spacial score (nSPS) is 44.8. The highest BCUT2D eigenvalue weighted by molar-refractivity contribution is 5.74. The predicted octanol–water partition coefficient (Wildman–Crippen LogP) is 5.00. The molecule has 5 heteroatoms. The van der Waals surface area contributed by atoms with Gasteiger partial charge in [-0.1, -0.05) is 20.8 Å². The number of nitrogens with two attached hydrogens (primary N) is 1. The van der Waals surface area contributed by atoms with Crippen LogP contribution in [0.5, 0.6) is 0 Å². The smallest absolute Gasteiger partial charge is 0.317 e. The molecule has 5 aliphatic rings. The first-order chi connectivity index (χ1) is 16.4. The summed E-state index contributed by atoms with van der Waals surface area (Å²) in [6.45, 7) is 12.2. The molecule has 0 spiro atoms. The van der Waals surface area contributed by atoms with Crippen LogP contribution in [0.3, 0.4) is 0 Å². The van der Waals surface area contributed by atoms with Crippen molar-refractivity contribution in [2.24, 2.45) is 52.1 Å². The van der Waals surface area contributed by atoms with Crippen LogP contribution in [0.4, 0.5) is 4.79 Å². The quantitative estimate of drug-likeness (QED) is 0.509. The first-order valence-corrected chi connectivity index (χ1v) is 14.8. The molecule has 4 aliphatic carbocycles. The van der Waals surface area contributed by atoms with E-state index in [1.165, 1.54) is 70.6 Å². The average molecular weight is 473 g/mol. The van der Waals surface area contributed by atoms with Crippen molar-refractivity contribution in [2.75, 3.05) is 32.7 Å². The van der Waals surface area contributed by atoms with E-state index in [0.29, 0.717) is 22.8 Å². The van der Waals surface area contributed by atoms with Crippen LogP contribution in [0, 0.1) is 46.3 Å². The Labute approximate surface area is 208 Å². The van der Waals surface area contributed by atoms with Crippen LogP contribution in [0.15, 0.2) is 0 Å². The molecule has 5 rings (SSSR count). The number of nitrogens with one attached hydrogen (secondary N) is 2. The third kappa shape index (κ3) is 4.31. The summed E-state index contributed by atoms with van der Waals surface area (Å²) in [6.07, 6.45) is 15.0. The summed E-state index contributed by atoms with van der Waals surface area (Å²) in [5, 5.41) is 7.04. The van der Waals surface area contributed by atoms with Gasteiger partial charge in [0.2, 0.25) is 0 Å². The summed E-state index contributed by atoms with van der Waals surface area (Å²) in [5.41, 5.74) is 6.79. The Morgan fingerprint density at radius 2 is 1.74 bits per heavy atom. The molecule has 0 radical (unpaired) electrons. The second-order valence-corrected chi connectivity index (χ2v) is 13.5. The summed E-state index contributed by atoms with van der Waals surface area (Å²) in [5.74, 6) is 5.01. The Bertz CT molecular complexity index is 723. The summed E-state index contributed by atoms with van der Waals surface area (Å²) in [6, 6.07) is 0.870. The zero-order valence-corrected chi connectivity index (χ0v) is 22.3. The Balaban J connectivity index is 1.21. The lowest BCUT2D eigenvalue weighted by atomic mass is 9.44. The van der Waals surface area contributed by atoms with E-state index in [0.717, 1.165) is 62.3 Å². The standard InChI is InChI=1S/C29H52N4O/c1-20(19-32-27(34)33-16-4-5-17-33)24-8-9-25-23-7-6-21-18-22(31-15-14-30)10-12-28(21,2)26(23)11-13-29(24,25)3/h20-26,31H,4-19,30H2,1-3H3,(H,32,34)/t20-,21+,22-,23?,24?,25?,26?,28-,29+/m0/s1. The highest BCUT2D eigenvalue weighted by Gasteiger charge is 2.60. The van der Waals surface area contributed by atoms with Crippen molar-refractivity contribution in [3.63, 3.8) is 0 Å². The van der Waals surface area contributed by atoms with Crippen molar-refractivity contribution in [3.05, 3.63) is 0 Å². The fraction of sp³-hybridized carbons (Fsp3) is 0.966. The first-order valence-electron chi connectivity index (χ1n) is 14.8. The number of likely N-dealkylation sites (tertiary alicyclic amines) is 1. The highest BCUT2D eigenvalue weighted by Crippen LogP contribution is 2.68. The van der Waals surface area contributed by atoms with Gasteiger partial charge in [0.15, 0.2) is 0 Å². The van der Waals surface area contributed by atoms with Crippen LogP contribution in [-0.4, -0.2) is 49.7 Å². The zero-order chi connectivity index (χ0) is 23.9. The average Bonchev–Trinajstić information content (AvgIpc) is 3.49. The lowest BCUT2D eigenvalue weighted by molar-refractivity contribution is -0.117. The molecule has 0 bridgehead atoms. The number of carbonyl (C=O) groups excluding carboxylic acids is 1. The van der Waals surface area contributed by atoms with E-state index in [-0.39, 0.29) is 6.03 Å². The fourth-order valence-corrected chi connectivity index (χ4v) is 10.1. The van der Waals surface area contributed by atoms with Gasteiger partial charge in [-0.3, -0.25) is 0 Å². The molecule has 4 unspecified atom stereocenters. The molecule has 1 saturated heterocycles. The Morgan fingerprint density at radius 1 is 1.00 bits per heavy atom. The molecule has 5 nitrogen and oxygen atoms in total. The number of fused-ring (bicyclic) bond motifs is 5. The van der Waals surface area contributed by atoms with Crippen molar-refractivity contribution >= 4 is 6.03 Å². The van der Waals surface area contributed by atoms with Crippen molar-refractivity contribution < 1.29 is 4.79 Å². The first kappa shape index (κ1) is 24.9. The molecule has 34 heavy (non-hydrogen) atoms. The van der Waals surface area contributed by atoms with E-state index in [4.69, 9.17) is 5.73 Å². The van der Waals surface area contributed by atoms with Gasteiger partial charge in [0.05, 0.1) is 0 Å². The van der Waals surface area contributed by atoms with Crippen molar-refractivity contribution in [1.29, 1.82) is 0 Å². The lowest BCUT2D eigenvalue weighted by Crippen LogP contribution is -2.55. The monoisotopic (exact) mass is 472 g/mol. The van der Waals surface area contributed by atoms with Gasteiger partial charge in [-0.05, 0) is 117 Å². The van der Waals surface area contributed by atoms with Gasteiger partial charge >= 0.3 is 6.03 Å². The van der Waals surface area contributed by atoms with Gasteiger partial charge in [-0.25, -0.2) is 4.79 Å². The number of carbonyl (C=O) groups is 1. The summed E-state index contributed by atoms with van der Waals surface area (Å²) >= 11 is 0. The molecule has 1 aliphatic heterocycles. The van der Waals surface area contributed by atoms with Crippen LogP contribution in [0.1, 0.15) is 91.4 Å². The van der Waals surface area contributed by atoms with E-state index < -0.39 is 0 Å². The lowest BCUT2D eigenvalue weighted by Gasteiger charge is -2.61. The number of rotatable bonds is 6. The van der Waals surface area contributed by atoms with Crippen LogP contribution < -0.4 is 16.4 Å². The number of hydrogen-bond acceptors (Lipinski definition) is 3. The van der Waals surface area contributed by atoms with Gasteiger partial charge in [-0.15, -0.1) is 0 Å². The van der Waals surface area contributed by atoms with Crippen LogP contribution in [-0.2, 0) is 0 Å². The maximum atomic E-state index is 12.6. The molecule has 0 aromatic rings. The summed E-state index contributed by atoms with van der Waals surface area (Å²) < 4.78 is 0. The zero-order valence-electron chi connectivity index (χ0n) is 22.3. The SMILES string of the molecule is C[C@@H](CNC(=O)N1CCCC1)C1CCC2C3CC[C@@H]4C[C@@H](NCCN)CC[C@]4(C)C3CC[C@@]21C. The molecule has 194 valence electrons. The molecule has 0 aromatic heterocycles. The van der Waals surface area contributed by atoms with Crippen molar-refractivity contribution in [3.8, 4) is 0 Å². The van der Waals surface area contributed by atoms with E-state index in [1.807, 2.05) is 4.90 Å². The molecule has 4 saturated carbocycles. The van der Waals surface area contributed by atoms with Gasteiger partial charge in [-0.2, -0.15) is 0 Å². The van der Waals surface area contributed by atoms with Crippen molar-refractivity contribution in [1.82, 2.24) is 15.5 Å². The van der Waals surface area contributed by atoms with Crippen LogP contribution in [0.25, 0.3) is 0 Å². The minimum absolute atomic E-state index is 0.176. The van der Waals surface area contributed by atoms with Gasteiger partial charge in [0.1, 0.15) is 0 Å². The molecule has 0 aromatic carbocycles. The molecule has 1 heterocycles. The summed E-state index contributed by atoms with van der Waals surface area (Å²) in [7, 11) is 0. The second-order valence-electron chi connectivity index (χ2n) is 13.5. The minimum Gasteiger partial charge on any atom is -0.338 e. The fourth-order valence-electron chi connectivity index (χ4n) is 10.1. The molecular formula is C29H52N4O. The number of nitrogens with zero attached hydrogens (tertiary/aromatic N) is 1. The molecule has 4 N–H and O–H groups in total. The summed E-state index contributed by atoms with van der Waals surface area (Å²) in [4.78, 5) is 14.6. The Kier molecular flexibility index (Phi) is 7.25. The van der Waals surface area contributed by atoms with E-state index in [1.54, 1.807) is 0 Å². The highest BCUT2D eigenvalue weighted by atomic mass is 16.2. The molecule has 5 fully saturated rings. The third-order valence-corrected chi connectivity index (χ3v) is 12.0. The number of amides is 2. The number of urea groups is 1. The molecule has 2 amide bonds. The van der Waals surface area contributed by atoms with Gasteiger partial charge in [0.25, 0.3) is 0 Å². The van der Waals surface area contributed by atoms with Crippen LogP contribution in [0.2, 0.25) is 0 Å². The maximum Gasteiger partial charge on any atom is 0.317 e. The minimum atomic E-state index is 0.176. The topological polar surface area (TPSA) is 70.4 Å². The maximum absolute atomic E-state index is 12.6. The Morgan fingerprint density at radius 3 is 2.50 bits per heavy atom. The number of hydrogen-bond donors (Lipinski definition) is 3. The third-order valence-electron chi connectivity index (χ3n) is 12.0. The largest absolute Gasteiger partial charge is 0.338 e. The second kappa shape index (κ2) is 9.92. The van der Waals surface area contributed by atoms with E-state index >= 15 is 0 Å². The van der Waals surface area contributed by atoms with Crippen LogP contribution >= 0.6 is 0 Å². The molecular weight excluding hydrogens is 420 g/mol. The predicted molar refractivity (Wildman–Crippen MR) is 139 cm³/mol. The van der Waals surface area contributed by atoms with Crippen molar-refractivity contribution in [2.45, 2.75) is 97.4 Å². The van der Waals surface area contributed by atoms with E-state index in [9.17, 15) is 4.79 Å². The Hall–Kier alpha value is -0.810. The van der Waals surface area contributed by atoms with E-state index in [2.05, 4.69) is 31.4 Å².